The fraction of sp³-hybridized carbons (Fsp3) is 0.778. The van der Waals surface area contributed by atoms with E-state index in [1.807, 2.05) is 20.8 Å². The van der Waals surface area contributed by atoms with Crippen LogP contribution < -0.4 is 5.43 Å². The highest BCUT2D eigenvalue weighted by Crippen LogP contribution is 2.17. The van der Waals surface area contributed by atoms with Gasteiger partial charge in [-0.25, -0.2) is 5.43 Å². The molecule has 4 nitrogen and oxygen atoms in total. The smallest absolute Gasteiger partial charge is 0.240 e. The zero-order valence-electron chi connectivity index (χ0n) is 8.39. The molecule has 0 radical (unpaired) electrons. The molecule has 1 fully saturated rings. The third-order valence-corrected chi connectivity index (χ3v) is 1.57. The van der Waals surface area contributed by atoms with E-state index in [9.17, 15) is 4.79 Å². The fourth-order valence-electron chi connectivity index (χ4n) is 0.921. The molecule has 74 valence electrons. The van der Waals surface area contributed by atoms with Crippen LogP contribution in [0.2, 0.25) is 0 Å². The quantitative estimate of drug-likeness (QED) is 0.649. The van der Waals surface area contributed by atoms with Crippen molar-refractivity contribution >= 4 is 11.6 Å². The van der Waals surface area contributed by atoms with Crippen molar-refractivity contribution in [2.45, 2.75) is 27.2 Å². The fourth-order valence-corrected chi connectivity index (χ4v) is 0.921. The Kier molecular flexibility index (Phi) is 3.03. The summed E-state index contributed by atoms with van der Waals surface area (Å²) in [6.45, 7) is 7.16. The number of nitrogens with zero attached hydrogens (tertiary/aromatic N) is 1. The molecule has 0 aromatic heterocycles. The lowest BCUT2D eigenvalue weighted by atomic mass is 9.92. The van der Waals surface area contributed by atoms with Crippen molar-refractivity contribution in [3.63, 3.8) is 0 Å². The molecule has 1 aliphatic heterocycles. The van der Waals surface area contributed by atoms with E-state index in [2.05, 4.69) is 10.5 Å². The van der Waals surface area contributed by atoms with E-state index in [1.165, 1.54) is 0 Å². The van der Waals surface area contributed by atoms with Gasteiger partial charge >= 0.3 is 0 Å². The summed E-state index contributed by atoms with van der Waals surface area (Å²) in [6.07, 6.45) is 0.491. The molecule has 0 bridgehead atoms. The van der Waals surface area contributed by atoms with Crippen LogP contribution in [0.3, 0.4) is 0 Å². The Morgan fingerprint density at radius 2 is 2.15 bits per heavy atom. The second-order valence-electron chi connectivity index (χ2n) is 4.44. The molecule has 1 rings (SSSR count). The molecule has 1 heterocycles. The van der Waals surface area contributed by atoms with E-state index in [0.29, 0.717) is 19.6 Å². The highest BCUT2D eigenvalue weighted by molar-refractivity contribution is 5.91. The maximum absolute atomic E-state index is 11.2. The number of hydrazone groups is 1. The van der Waals surface area contributed by atoms with Crippen LogP contribution in [0.5, 0.6) is 0 Å². The second kappa shape index (κ2) is 3.87. The lowest BCUT2D eigenvalue weighted by Crippen LogP contribution is -2.32. The van der Waals surface area contributed by atoms with Gasteiger partial charge in [0.15, 0.2) is 0 Å². The zero-order chi connectivity index (χ0) is 9.90. The normalized spacial score (nSPS) is 16.4. The number of hydrogen-bond donors (Lipinski definition) is 1. The minimum absolute atomic E-state index is 0.0143. The van der Waals surface area contributed by atoms with E-state index in [-0.39, 0.29) is 11.3 Å². The van der Waals surface area contributed by atoms with Crippen LogP contribution in [0.15, 0.2) is 5.10 Å². The number of rotatable bonds is 2. The van der Waals surface area contributed by atoms with E-state index >= 15 is 0 Å². The van der Waals surface area contributed by atoms with E-state index in [4.69, 9.17) is 4.74 Å². The summed E-state index contributed by atoms with van der Waals surface area (Å²) in [7, 11) is 0. The molecule has 0 atom stereocenters. The van der Waals surface area contributed by atoms with Gasteiger partial charge < -0.3 is 4.74 Å². The van der Waals surface area contributed by atoms with Gasteiger partial charge in [0.05, 0.1) is 18.9 Å². The summed E-state index contributed by atoms with van der Waals surface area (Å²) in [5.74, 6) is -0.0353. The molecular formula is C9H16N2O2. The van der Waals surface area contributed by atoms with Crippen molar-refractivity contribution in [1.82, 2.24) is 5.43 Å². The summed E-state index contributed by atoms with van der Waals surface area (Å²) in [5, 5.41) is 3.91. The molecule has 1 saturated heterocycles. The van der Waals surface area contributed by atoms with Gasteiger partial charge in [-0.05, 0) is 5.41 Å². The Hall–Kier alpha value is -0.900. The van der Waals surface area contributed by atoms with Crippen LogP contribution >= 0.6 is 0 Å². The average Bonchev–Trinajstić information content (AvgIpc) is 1.78. The summed E-state index contributed by atoms with van der Waals surface area (Å²) in [4.78, 5) is 11.2. The first-order valence-corrected chi connectivity index (χ1v) is 4.39. The number of ether oxygens (including phenoxy) is 1. The highest BCUT2D eigenvalue weighted by atomic mass is 16.5. The molecule has 0 saturated carbocycles. The van der Waals surface area contributed by atoms with E-state index < -0.39 is 0 Å². The van der Waals surface area contributed by atoms with Gasteiger partial charge in [-0.15, -0.1) is 0 Å². The lowest BCUT2D eigenvalue weighted by Gasteiger charge is -2.18. The molecule has 0 unspecified atom stereocenters. The van der Waals surface area contributed by atoms with Crippen LogP contribution in [0, 0.1) is 5.41 Å². The molecule has 4 heteroatoms. The van der Waals surface area contributed by atoms with Crippen molar-refractivity contribution < 1.29 is 9.53 Å². The standard InChI is InChI=1S/C9H16N2O2/c1-9(2,3)4-8(12)11-10-7-5-13-6-7/h4-6H2,1-3H3,(H,11,12). The van der Waals surface area contributed by atoms with Gasteiger partial charge in [0, 0.05) is 6.42 Å². The average molecular weight is 184 g/mol. The maximum Gasteiger partial charge on any atom is 0.240 e. The first-order chi connectivity index (χ1) is 5.97. The molecule has 1 aliphatic rings. The first-order valence-electron chi connectivity index (χ1n) is 4.39. The maximum atomic E-state index is 11.2. The zero-order valence-corrected chi connectivity index (χ0v) is 8.39. The Labute approximate surface area is 78.3 Å². The lowest BCUT2D eigenvalue weighted by molar-refractivity contribution is -0.122. The molecule has 0 spiro atoms. The van der Waals surface area contributed by atoms with Crippen molar-refractivity contribution in [3.05, 3.63) is 0 Å². The Balaban J connectivity index is 2.25. The van der Waals surface area contributed by atoms with E-state index in [0.717, 1.165) is 5.71 Å². The monoisotopic (exact) mass is 184 g/mol. The van der Waals surface area contributed by atoms with Crippen molar-refractivity contribution in [2.75, 3.05) is 13.2 Å². The predicted molar refractivity (Wildman–Crippen MR) is 50.5 cm³/mol. The Morgan fingerprint density at radius 1 is 1.54 bits per heavy atom. The van der Waals surface area contributed by atoms with Crippen LogP contribution in [0.1, 0.15) is 27.2 Å². The summed E-state index contributed by atoms with van der Waals surface area (Å²) in [6, 6.07) is 0. The van der Waals surface area contributed by atoms with Gasteiger partial charge in [0.2, 0.25) is 5.91 Å². The van der Waals surface area contributed by atoms with E-state index in [1.54, 1.807) is 0 Å². The van der Waals surface area contributed by atoms with Gasteiger partial charge in [-0.1, -0.05) is 20.8 Å². The molecule has 0 aromatic rings. The highest BCUT2D eigenvalue weighted by Gasteiger charge is 2.16. The number of amides is 1. The number of hydrogen-bond acceptors (Lipinski definition) is 3. The van der Waals surface area contributed by atoms with Gasteiger partial charge in [-0.2, -0.15) is 5.10 Å². The van der Waals surface area contributed by atoms with Gasteiger partial charge in [0.25, 0.3) is 0 Å². The van der Waals surface area contributed by atoms with Gasteiger partial charge in [-0.3, -0.25) is 4.79 Å². The third kappa shape index (κ3) is 4.03. The molecular weight excluding hydrogens is 168 g/mol. The SMILES string of the molecule is CC(C)(C)CC(=O)NN=C1COC1. The largest absolute Gasteiger partial charge is 0.369 e. The third-order valence-electron chi connectivity index (χ3n) is 1.57. The summed E-state index contributed by atoms with van der Waals surface area (Å²) >= 11 is 0. The van der Waals surface area contributed by atoms with Crippen LogP contribution in [-0.4, -0.2) is 24.8 Å². The minimum atomic E-state index is -0.0353. The summed E-state index contributed by atoms with van der Waals surface area (Å²) in [5.41, 5.74) is 3.43. The van der Waals surface area contributed by atoms with Gasteiger partial charge in [0.1, 0.15) is 0 Å². The van der Waals surface area contributed by atoms with Crippen molar-refractivity contribution in [1.29, 1.82) is 0 Å². The van der Waals surface area contributed by atoms with Crippen LogP contribution in [-0.2, 0) is 9.53 Å². The number of nitrogens with one attached hydrogen (secondary N) is 1. The topological polar surface area (TPSA) is 50.7 Å². The molecule has 1 N–H and O–H groups in total. The number of carbonyl (C=O) groups excluding carboxylic acids is 1. The Bertz CT molecular complexity index is 222. The Morgan fingerprint density at radius 3 is 2.54 bits per heavy atom. The molecule has 13 heavy (non-hydrogen) atoms. The molecule has 0 aromatic carbocycles. The second-order valence-corrected chi connectivity index (χ2v) is 4.44. The molecule has 0 aliphatic carbocycles. The predicted octanol–water partition coefficient (Wildman–Crippen LogP) is 0.925. The summed E-state index contributed by atoms with van der Waals surface area (Å²) < 4.78 is 4.89. The molecule has 1 amide bonds. The first kappa shape index (κ1) is 10.2. The van der Waals surface area contributed by atoms with Crippen LogP contribution in [0.4, 0.5) is 0 Å². The number of carbonyl (C=O) groups is 1. The minimum Gasteiger partial charge on any atom is -0.369 e. The van der Waals surface area contributed by atoms with Crippen molar-refractivity contribution in [3.8, 4) is 0 Å². The van der Waals surface area contributed by atoms with Crippen LogP contribution in [0.25, 0.3) is 0 Å². The van der Waals surface area contributed by atoms with Crippen molar-refractivity contribution in [2.24, 2.45) is 10.5 Å².